The molecule has 0 saturated heterocycles. The summed E-state index contributed by atoms with van der Waals surface area (Å²) in [5.74, 6) is 0.796. The Balaban J connectivity index is 1.42. The number of rotatable bonds is 8. The molecule has 1 fully saturated rings. The van der Waals surface area contributed by atoms with Crippen molar-refractivity contribution < 1.29 is 4.79 Å². The molecule has 1 amide bonds. The minimum atomic E-state index is 0.212. The molecule has 1 aliphatic rings. The molecular weight excluding hydrogens is 458 g/mol. The van der Waals surface area contributed by atoms with Crippen LogP contribution in [0.2, 0.25) is 0 Å². The SMILES string of the molecule is O=C(CC1CCCCC1)NCCc1cc(CC=Cc2ccccc2)cc2ccc(Br)cc12. The van der Waals surface area contributed by atoms with Gasteiger partial charge in [0, 0.05) is 17.4 Å². The smallest absolute Gasteiger partial charge is 0.220 e. The molecule has 1 saturated carbocycles. The van der Waals surface area contributed by atoms with Crippen molar-refractivity contribution in [3.63, 3.8) is 0 Å². The zero-order valence-corrected chi connectivity index (χ0v) is 20.2. The van der Waals surface area contributed by atoms with E-state index in [0.29, 0.717) is 18.9 Å². The van der Waals surface area contributed by atoms with Gasteiger partial charge >= 0.3 is 0 Å². The van der Waals surface area contributed by atoms with Gasteiger partial charge < -0.3 is 5.32 Å². The topological polar surface area (TPSA) is 29.1 Å². The van der Waals surface area contributed by atoms with E-state index in [0.717, 1.165) is 17.3 Å². The molecule has 0 aromatic heterocycles. The first-order valence-electron chi connectivity index (χ1n) is 11.9. The number of nitrogens with one attached hydrogen (secondary N) is 1. The van der Waals surface area contributed by atoms with Gasteiger partial charge in [-0.1, -0.05) is 95.9 Å². The van der Waals surface area contributed by atoms with Crippen LogP contribution >= 0.6 is 15.9 Å². The molecule has 0 heterocycles. The predicted octanol–water partition coefficient (Wildman–Crippen LogP) is 7.49. The maximum atomic E-state index is 12.4. The van der Waals surface area contributed by atoms with Gasteiger partial charge in [0.25, 0.3) is 0 Å². The number of carbonyl (C=O) groups is 1. The van der Waals surface area contributed by atoms with Crippen molar-refractivity contribution in [1.82, 2.24) is 5.32 Å². The maximum absolute atomic E-state index is 12.4. The van der Waals surface area contributed by atoms with Crippen molar-refractivity contribution in [3.05, 3.63) is 87.9 Å². The van der Waals surface area contributed by atoms with Crippen LogP contribution in [0.25, 0.3) is 16.8 Å². The van der Waals surface area contributed by atoms with Crippen LogP contribution in [0, 0.1) is 5.92 Å². The van der Waals surface area contributed by atoms with Crippen LogP contribution in [0.1, 0.15) is 55.2 Å². The second kappa shape index (κ2) is 11.5. The average Bonchev–Trinajstić information content (AvgIpc) is 2.81. The molecule has 32 heavy (non-hydrogen) atoms. The second-order valence-electron chi connectivity index (χ2n) is 8.95. The third-order valence-corrected chi connectivity index (χ3v) is 6.93. The van der Waals surface area contributed by atoms with Gasteiger partial charge in [-0.2, -0.15) is 0 Å². The molecular formula is C29H32BrNO. The molecule has 0 radical (unpaired) electrons. The van der Waals surface area contributed by atoms with Gasteiger partial charge in [-0.15, -0.1) is 0 Å². The van der Waals surface area contributed by atoms with Crippen LogP contribution in [-0.2, 0) is 17.6 Å². The molecule has 0 unspecified atom stereocenters. The minimum Gasteiger partial charge on any atom is -0.356 e. The standard InChI is InChI=1S/C29H32BrNO/c30-27-15-14-25-18-24(13-7-12-22-8-3-1-4-9-22)19-26(28(25)21-27)16-17-31-29(32)20-23-10-5-2-6-11-23/h1,3-4,7-9,12,14-15,18-19,21,23H,2,5-6,10-11,13,16-17,20H2,(H,31,32). The Kier molecular flexibility index (Phi) is 8.17. The highest BCUT2D eigenvalue weighted by molar-refractivity contribution is 9.10. The normalized spacial score (nSPS) is 14.8. The first kappa shape index (κ1) is 22.8. The molecule has 0 spiro atoms. The van der Waals surface area contributed by atoms with Crippen molar-refractivity contribution in [3.8, 4) is 0 Å². The lowest BCUT2D eigenvalue weighted by atomic mass is 9.87. The highest BCUT2D eigenvalue weighted by Crippen LogP contribution is 2.27. The number of hydrogen-bond acceptors (Lipinski definition) is 1. The molecule has 166 valence electrons. The van der Waals surface area contributed by atoms with Gasteiger partial charge in [-0.25, -0.2) is 0 Å². The Hall–Kier alpha value is -2.39. The Labute approximate surface area is 200 Å². The molecule has 3 aromatic carbocycles. The van der Waals surface area contributed by atoms with Crippen LogP contribution in [0.3, 0.4) is 0 Å². The molecule has 4 rings (SSSR count). The van der Waals surface area contributed by atoms with Crippen molar-refractivity contribution in [2.45, 2.75) is 51.4 Å². The summed E-state index contributed by atoms with van der Waals surface area (Å²) in [6.45, 7) is 0.691. The molecule has 1 aliphatic carbocycles. The van der Waals surface area contributed by atoms with Gasteiger partial charge in [0.2, 0.25) is 5.91 Å². The molecule has 3 aromatic rings. The molecule has 0 bridgehead atoms. The quantitative estimate of drug-likeness (QED) is 0.348. The lowest BCUT2D eigenvalue weighted by Gasteiger charge is -2.20. The van der Waals surface area contributed by atoms with Crippen molar-refractivity contribution >= 4 is 38.7 Å². The van der Waals surface area contributed by atoms with Crippen molar-refractivity contribution in [2.24, 2.45) is 5.92 Å². The van der Waals surface area contributed by atoms with Crippen LogP contribution in [0.4, 0.5) is 0 Å². The second-order valence-corrected chi connectivity index (χ2v) is 9.86. The summed E-state index contributed by atoms with van der Waals surface area (Å²) in [5.41, 5.74) is 3.82. The molecule has 2 nitrogen and oxygen atoms in total. The van der Waals surface area contributed by atoms with Crippen molar-refractivity contribution in [2.75, 3.05) is 6.54 Å². The van der Waals surface area contributed by atoms with Crippen molar-refractivity contribution in [1.29, 1.82) is 0 Å². The summed E-state index contributed by atoms with van der Waals surface area (Å²) in [4.78, 5) is 12.4. The molecule has 0 atom stereocenters. The zero-order valence-electron chi connectivity index (χ0n) is 18.7. The first-order chi connectivity index (χ1) is 15.7. The summed E-state index contributed by atoms with van der Waals surface area (Å²) < 4.78 is 1.09. The summed E-state index contributed by atoms with van der Waals surface area (Å²) in [5, 5.41) is 5.69. The highest BCUT2D eigenvalue weighted by Gasteiger charge is 2.16. The fraction of sp³-hybridized carbons (Fsp3) is 0.345. The van der Waals surface area contributed by atoms with Crippen LogP contribution in [-0.4, -0.2) is 12.5 Å². The number of fused-ring (bicyclic) bond motifs is 1. The number of benzene rings is 3. The minimum absolute atomic E-state index is 0.212. The van der Waals surface area contributed by atoms with E-state index in [2.05, 4.69) is 88.0 Å². The molecule has 3 heteroatoms. The Morgan fingerprint density at radius 3 is 2.62 bits per heavy atom. The number of amides is 1. The van der Waals surface area contributed by atoms with Gasteiger partial charge in [0.1, 0.15) is 0 Å². The number of halogens is 1. The van der Waals surface area contributed by atoms with E-state index >= 15 is 0 Å². The van der Waals surface area contributed by atoms with Gasteiger partial charge in [-0.3, -0.25) is 4.79 Å². The summed E-state index contributed by atoms with van der Waals surface area (Å²) in [6.07, 6.45) is 13.2. The fourth-order valence-electron chi connectivity index (χ4n) is 4.76. The Bertz CT molecular complexity index is 1070. The fourth-order valence-corrected chi connectivity index (χ4v) is 5.12. The van der Waals surface area contributed by atoms with Gasteiger partial charge in [0.05, 0.1) is 0 Å². The monoisotopic (exact) mass is 489 g/mol. The highest BCUT2D eigenvalue weighted by atomic mass is 79.9. The van der Waals surface area contributed by atoms with E-state index in [-0.39, 0.29) is 5.91 Å². The molecule has 0 aliphatic heterocycles. The van der Waals surface area contributed by atoms with E-state index in [9.17, 15) is 4.79 Å². The zero-order chi connectivity index (χ0) is 22.2. The lowest BCUT2D eigenvalue weighted by molar-refractivity contribution is -0.122. The average molecular weight is 490 g/mol. The third-order valence-electron chi connectivity index (χ3n) is 6.44. The van der Waals surface area contributed by atoms with E-state index in [1.165, 1.54) is 59.6 Å². The predicted molar refractivity (Wildman–Crippen MR) is 139 cm³/mol. The number of carbonyl (C=O) groups excluding carboxylic acids is 1. The molecule has 1 N–H and O–H groups in total. The number of hydrogen-bond donors (Lipinski definition) is 1. The summed E-state index contributed by atoms with van der Waals surface area (Å²) >= 11 is 3.62. The van der Waals surface area contributed by atoms with Gasteiger partial charge in [0.15, 0.2) is 0 Å². The van der Waals surface area contributed by atoms with E-state index in [4.69, 9.17) is 0 Å². The summed E-state index contributed by atoms with van der Waals surface area (Å²) in [7, 11) is 0. The van der Waals surface area contributed by atoms with Gasteiger partial charge in [-0.05, 0) is 71.2 Å². The van der Waals surface area contributed by atoms with Crippen LogP contribution in [0.15, 0.2) is 71.2 Å². The maximum Gasteiger partial charge on any atom is 0.220 e. The third kappa shape index (κ3) is 6.56. The lowest BCUT2D eigenvalue weighted by Crippen LogP contribution is -2.28. The Morgan fingerprint density at radius 2 is 1.81 bits per heavy atom. The Morgan fingerprint density at radius 1 is 1.00 bits per heavy atom. The first-order valence-corrected chi connectivity index (χ1v) is 12.7. The van der Waals surface area contributed by atoms with Crippen LogP contribution < -0.4 is 5.32 Å². The van der Waals surface area contributed by atoms with E-state index in [1.54, 1.807) is 0 Å². The summed E-state index contributed by atoms with van der Waals surface area (Å²) in [6, 6.07) is 21.5. The van der Waals surface area contributed by atoms with E-state index < -0.39 is 0 Å². The number of allylic oxidation sites excluding steroid dienone is 1. The van der Waals surface area contributed by atoms with Crippen LogP contribution in [0.5, 0.6) is 0 Å². The largest absolute Gasteiger partial charge is 0.356 e. The van der Waals surface area contributed by atoms with E-state index in [1.807, 2.05) is 6.07 Å².